The number of nitriles is 1. The molecule has 1 aliphatic heterocycles. The number of ether oxygens (including phenoxy) is 1. The van der Waals surface area contributed by atoms with Crippen molar-refractivity contribution in [3.8, 4) is 17.6 Å². The van der Waals surface area contributed by atoms with Gasteiger partial charge in [-0.1, -0.05) is 35.9 Å². The Morgan fingerprint density at radius 1 is 0.952 bits per heavy atom. The molecule has 0 atom stereocenters. The van der Waals surface area contributed by atoms with Crippen LogP contribution in [0.1, 0.15) is 55.6 Å². The lowest BCUT2D eigenvalue weighted by atomic mass is 9.84. The summed E-state index contributed by atoms with van der Waals surface area (Å²) in [7, 11) is -3.65. The Bertz CT molecular complexity index is 1680. The van der Waals surface area contributed by atoms with Gasteiger partial charge >= 0.3 is 0 Å². The fraction of sp³-hybridized carbons (Fsp3) is 0.364. The third-order valence-corrected chi connectivity index (χ3v) is 10.6. The van der Waals surface area contributed by atoms with Gasteiger partial charge in [0, 0.05) is 29.7 Å². The minimum atomic E-state index is -3.65. The maximum Gasteiger partial charge on any atom is 0.240 e. The van der Waals surface area contributed by atoms with E-state index in [9.17, 15) is 13.7 Å². The van der Waals surface area contributed by atoms with E-state index in [0.29, 0.717) is 28.4 Å². The molecule has 0 radical (unpaired) electrons. The van der Waals surface area contributed by atoms with E-state index >= 15 is 0 Å². The van der Waals surface area contributed by atoms with Crippen LogP contribution in [-0.4, -0.2) is 44.0 Å². The van der Waals surface area contributed by atoms with Crippen molar-refractivity contribution in [1.29, 1.82) is 5.26 Å². The normalized spacial score (nSPS) is 20.4. The van der Waals surface area contributed by atoms with Crippen molar-refractivity contribution >= 4 is 32.5 Å². The van der Waals surface area contributed by atoms with E-state index in [4.69, 9.17) is 16.3 Å². The Balaban J connectivity index is 0.969. The predicted octanol–water partition coefficient (Wildman–Crippen LogP) is 7.20. The van der Waals surface area contributed by atoms with E-state index in [2.05, 4.69) is 45.1 Å². The quantitative estimate of drug-likeness (QED) is 0.222. The maximum absolute atomic E-state index is 13.1. The summed E-state index contributed by atoms with van der Waals surface area (Å²) in [5.74, 6) is 1.97. The van der Waals surface area contributed by atoms with Crippen molar-refractivity contribution in [2.75, 3.05) is 19.6 Å². The number of halogens is 1. The Morgan fingerprint density at radius 2 is 1.69 bits per heavy atom. The largest absolute Gasteiger partial charge is 0.456 e. The number of nitrogens with zero attached hydrogens (tertiary/aromatic N) is 2. The summed E-state index contributed by atoms with van der Waals surface area (Å²) in [6.45, 7) is 3.33. The topological polar surface area (TPSA) is 98.2 Å². The number of aromatic nitrogens is 1. The van der Waals surface area contributed by atoms with Crippen LogP contribution in [-0.2, 0) is 10.0 Å². The van der Waals surface area contributed by atoms with Gasteiger partial charge in [0.15, 0.2) is 0 Å². The first-order valence-corrected chi connectivity index (χ1v) is 16.5. The van der Waals surface area contributed by atoms with Gasteiger partial charge in [-0.2, -0.15) is 5.26 Å². The van der Waals surface area contributed by atoms with Gasteiger partial charge < -0.3 is 14.6 Å². The molecular weight excluding hydrogens is 568 g/mol. The molecule has 1 saturated heterocycles. The number of hydrogen-bond acceptors (Lipinski definition) is 5. The molecule has 9 heteroatoms. The molecule has 42 heavy (non-hydrogen) atoms. The molecule has 7 nitrogen and oxygen atoms in total. The Morgan fingerprint density at radius 3 is 2.43 bits per heavy atom. The van der Waals surface area contributed by atoms with E-state index in [0.717, 1.165) is 45.3 Å². The van der Waals surface area contributed by atoms with E-state index in [1.807, 2.05) is 6.07 Å². The fourth-order valence-corrected chi connectivity index (χ4v) is 8.00. The van der Waals surface area contributed by atoms with E-state index in [1.54, 1.807) is 30.3 Å². The summed E-state index contributed by atoms with van der Waals surface area (Å²) in [6, 6.07) is 21.8. The second-order valence-electron chi connectivity index (χ2n) is 11.5. The second-order valence-corrected chi connectivity index (χ2v) is 13.6. The predicted molar refractivity (Wildman–Crippen MR) is 165 cm³/mol. The summed E-state index contributed by atoms with van der Waals surface area (Å²) in [5.41, 5.74) is 2.91. The zero-order chi connectivity index (χ0) is 29.1. The molecule has 1 aromatic heterocycles. The molecule has 0 amide bonds. The van der Waals surface area contributed by atoms with Gasteiger partial charge in [-0.15, -0.1) is 0 Å². The number of hydrogen-bond donors (Lipinski definition) is 2. The SMILES string of the molecule is N#Cc1c(Cl)cccc1Oc1ccc(S(=O)(=O)NC2CCC(CN3CCC(c4c[nH]c5ccccc45)CC3)CC2)cc1. The first kappa shape index (κ1) is 28.8. The minimum Gasteiger partial charge on any atom is -0.456 e. The highest BCUT2D eigenvalue weighted by atomic mass is 35.5. The molecule has 2 heterocycles. The average molecular weight is 603 g/mol. The summed E-state index contributed by atoms with van der Waals surface area (Å²) in [6.07, 6.45) is 8.32. The van der Waals surface area contributed by atoms with Gasteiger partial charge in [-0.3, -0.25) is 0 Å². The molecule has 2 N–H and O–H groups in total. The fourth-order valence-electron chi connectivity index (χ4n) is 6.49. The summed E-state index contributed by atoms with van der Waals surface area (Å²) in [4.78, 5) is 6.23. The number of rotatable bonds is 8. The molecule has 6 rings (SSSR count). The highest BCUT2D eigenvalue weighted by molar-refractivity contribution is 7.89. The highest BCUT2D eigenvalue weighted by Crippen LogP contribution is 2.35. The Labute approximate surface area is 252 Å². The van der Waals surface area contributed by atoms with E-state index in [-0.39, 0.29) is 16.5 Å². The molecule has 3 aromatic carbocycles. The van der Waals surface area contributed by atoms with Crippen LogP contribution in [0.3, 0.4) is 0 Å². The third-order valence-electron chi connectivity index (χ3n) is 8.78. The number of nitrogens with one attached hydrogen (secondary N) is 2. The number of H-pyrrole nitrogens is 1. The van der Waals surface area contributed by atoms with E-state index in [1.165, 1.54) is 41.4 Å². The van der Waals surface area contributed by atoms with Crippen LogP contribution in [0.15, 0.2) is 77.8 Å². The van der Waals surface area contributed by atoms with Gasteiger partial charge in [0.25, 0.3) is 0 Å². The molecular formula is C33H35ClN4O3S. The van der Waals surface area contributed by atoms with Crippen LogP contribution in [0.4, 0.5) is 0 Å². The highest BCUT2D eigenvalue weighted by Gasteiger charge is 2.29. The van der Waals surface area contributed by atoms with Gasteiger partial charge in [0.05, 0.1) is 9.92 Å². The third kappa shape index (κ3) is 6.35. The lowest BCUT2D eigenvalue weighted by Crippen LogP contribution is -2.41. The van der Waals surface area contributed by atoms with Crippen molar-refractivity contribution in [3.05, 3.63) is 89.1 Å². The summed E-state index contributed by atoms with van der Waals surface area (Å²) >= 11 is 6.08. The summed E-state index contributed by atoms with van der Waals surface area (Å²) in [5, 5.41) is 11.0. The monoisotopic (exact) mass is 602 g/mol. The van der Waals surface area contributed by atoms with Gasteiger partial charge in [0.2, 0.25) is 10.0 Å². The van der Waals surface area contributed by atoms with Gasteiger partial charge in [0.1, 0.15) is 23.1 Å². The van der Waals surface area contributed by atoms with Crippen LogP contribution in [0.25, 0.3) is 10.9 Å². The van der Waals surface area contributed by atoms with Crippen LogP contribution >= 0.6 is 11.6 Å². The Kier molecular flexibility index (Phi) is 8.55. The number of piperidine rings is 1. The second kappa shape index (κ2) is 12.5. The lowest BCUT2D eigenvalue weighted by molar-refractivity contribution is 0.159. The minimum absolute atomic E-state index is 0.0561. The number of likely N-dealkylation sites (tertiary alicyclic amines) is 1. The standard InChI is InChI=1S/C33H35ClN4O3S/c34-31-5-3-7-33(29(31)20-35)41-26-12-14-27(15-13-26)42(39,40)37-25-10-8-23(9-11-25)22-38-18-16-24(17-19-38)30-21-36-32-6-2-1-4-28(30)32/h1-7,12-15,21,23-25,36-37H,8-11,16-19,22H2. The van der Waals surface area contributed by atoms with Crippen LogP contribution in [0.2, 0.25) is 5.02 Å². The van der Waals surface area contributed by atoms with Crippen molar-refractivity contribution in [1.82, 2.24) is 14.6 Å². The van der Waals surface area contributed by atoms with Crippen molar-refractivity contribution in [2.45, 2.75) is 55.4 Å². The molecule has 0 spiro atoms. The lowest BCUT2D eigenvalue weighted by Gasteiger charge is -2.36. The number of sulfonamides is 1. The van der Waals surface area contributed by atoms with Gasteiger partial charge in [-0.05, 0) is 111 Å². The van der Waals surface area contributed by atoms with Crippen molar-refractivity contribution in [3.63, 3.8) is 0 Å². The van der Waals surface area contributed by atoms with Crippen LogP contribution in [0, 0.1) is 17.2 Å². The molecule has 218 valence electrons. The van der Waals surface area contributed by atoms with Gasteiger partial charge in [-0.25, -0.2) is 13.1 Å². The zero-order valence-electron chi connectivity index (χ0n) is 23.4. The molecule has 1 aliphatic carbocycles. The molecule has 4 aromatic rings. The molecule has 0 bridgehead atoms. The first-order valence-electron chi connectivity index (χ1n) is 14.7. The number of benzene rings is 3. The number of aromatic amines is 1. The zero-order valence-corrected chi connectivity index (χ0v) is 25.0. The molecule has 2 aliphatic rings. The van der Waals surface area contributed by atoms with Crippen molar-refractivity contribution in [2.24, 2.45) is 5.92 Å². The van der Waals surface area contributed by atoms with E-state index < -0.39 is 10.0 Å². The Hall–Kier alpha value is -3.35. The maximum atomic E-state index is 13.1. The molecule has 2 fully saturated rings. The van der Waals surface area contributed by atoms with Crippen molar-refractivity contribution < 1.29 is 13.2 Å². The van der Waals surface area contributed by atoms with Crippen LogP contribution < -0.4 is 9.46 Å². The first-order chi connectivity index (χ1) is 20.4. The summed E-state index contributed by atoms with van der Waals surface area (Å²) < 4.78 is 34.9. The molecule has 0 unspecified atom stereocenters. The van der Waals surface area contributed by atoms with Crippen LogP contribution in [0.5, 0.6) is 11.5 Å². The average Bonchev–Trinajstić information content (AvgIpc) is 3.43. The molecule has 1 saturated carbocycles. The number of fused-ring (bicyclic) bond motifs is 1. The smallest absolute Gasteiger partial charge is 0.240 e. The number of para-hydroxylation sites is 1.